The van der Waals surface area contributed by atoms with E-state index in [0.717, 1.165) is 5.56 Å². The van der Waals surface area contributed by atoms with Gasteiger partial charge in [0.05, 0.1) is 17.7 Å². The van der Waals surface area contributed by atoms with E-state index in [1.54, 1.807) is 36.4 Å². The second-order valence-electron chi connectivity index (χ2n) is 7.62. The molecule has 0 aromatic heterocycles. The van der Waals surface area contributed by atoms with Gasteiger partial charge in [-0.05, 0) is 84.4 Å². The van der Waals surface area contributed by atoms with Gasteiger partial charge in [0.25, 0.3) is 11.8 Å². The molecule has 7 nitrogen and oxygen atoms in total. The number of amides is 2. The molecule has 10 heteroatoms. The molecule has 2 N–H and O–H groups in total. The predicted molar refractivity (Wildman–Crippen MR) is 141 cm³/mol. The minimum Gasteiger partial charge on any atom is -0.493 e. The van der Waals surface area contributed by atoms with Gasteiger partial charge in [-0.3, -0.25) is 9.59 Å². The summed E-state index contributed by atoms with van der Waals surface area (Å²) in [6, 6.07) is 15.9. The van der Waals surface area contributed by atoms with Crippen LogP contribution in [0.15, 0.2) is 70.6 Å². The zero-order valence-electron chi connectivity index (χ0n) is 19.3. The van der Waals surface area contributed by atoms with Crippen LogP contribution in [-0.2, 0) is 9.59 Å². The van der Waals surface area contributed by atoms with Crippen molar-refractivity contribution >= 4 is 57.8 Å². The number of hydrogen-bond acceptors (Lipinski definition) is 6. The Morgan fingerprint density at radius 3 is 2.69 bits per heavy atom. The van der Waals surface area contributed by atoms with Crippen molar-refractivity contribution in [3.8, 4) is 11.5 Å². The third-order valence-corrected chi connectivity index (χ3v) is 6.40. The Morgan fingerprint density at radius 2 is 1.94 bits per heavy atom. The highest BCUT2D eigenvalue weighted by atomic mass is 35.5. The average Bonchev–Trinajstić information content (AvgIpc) is 3.20. The van der Waals surface area contributed by atoms with Crippen molar-refractivity contribution in [2.75, 3.05) is 19.0 Å². The number of anilines is 1. The lowest BCUT2D eigenvalue weighted by Gasteiger charge is -2.11. The summed E-state index contributed by atoms with van der Waals surface area (Å²) in [6.45, 7) is 1.59. The number of amidine groups is 1. The number of benzene rings is 3. The second-order valence-corrected chi connectivity index (χ2v) is 9.06. The van der Waals surface area contributed by atoms with Gasteiger partial charge in [-0.15, -0.1) is 0 Å². The smallest absolute Gasteiger partial charge is 0.264 e. The standard InChI is InChI=1S/C26H21ClFN3O4S/c1-15-19(27)4-3-5-20(15)30-26-31-25(33)23(36-26)13-16-6-11-21(22(12-16)34-2)35-14-24(32)29-18-9-7-17(28)8-10-18/h3-13H,14H2,1-2H3,(H,29,32)(H,30,31,33)/b23-13+. The number of hydrogen-bond donors (Lipinski definition) is 2. The van der Waals surface area contributed by atoms with Gasteiger partial charge in [0, 0.05) is 10.7 Å². The highest BCUT2D eigenvalue weighted by molar-refractivity contribution is 8.18. The van der Waals surface area contributed by atoms with Gasteiger partial charge in [-0.1, -0.05) is 23.7 Å². The van der Waals surface area contributed by atoms with E-state index >= 15 is 0 Å². The van der Waals surface area contributed by atoms with Gasteiger partial charge in [0.2, 0.25) is 0 Å². The summed E-state index contributed by atoms with van der Waals surface area (Å²) in [6.07, 6.45) is 1.71. The average molecular weight is 526 g/mol. The number of thioether (sulfide) groups is 1. The fourth-order valence-electron chi connectivity index (χ4n) is 3.23. The number of aliphatic imine (C=N–C) groups is 1. The molecule has 36 heavy (non-hydrogen) atoms. The highest BCUT2D eigenvalue weighted by Gasteiger charge is 2.24. The maximum Gasteiger partial charge on any atom is 0.264 e. The van der Waals surface area contributed by atoms with E-state index in [9.17, 15) is 14.0 Å². The van der Waals surface area contributed by atoms with Crippen LogP contribution in [0.2, 0.25) is 5.02 Å². The first kappa shape index (κ1) is 25.3. The third kappa shape index (κ3) is 6.24. The van der Waals surface area contributed by atoms with Crippen LogP contribution >= 0.6 is 23.4 Å². The summed E-state index contributed by atoms with van der Waals surface area (Å²) in [5.41, 5.74) is 2.66. The molecule has 0 bridgehead atoms. The van der Waals surface area contributed by atoms with Crippen LogP contribution < -0.4 is 20.1 Å². The summed E-state index contributed by atoms with van der Waals surface area (Å²) < 4.78 is 24.0. The quantitative estimate of drug-likeness (QED) is 0.386. The van der Waals surface area contributed by atoms with E-state index in [2.05, 4.69) is 15.6 Å². The third-order valence-electron chi connectivity index (χ3n) is 5.08. The SMILES string of the molecule is COc1cc(/C=C2/SC(=Nc3cccc(Cl)c3C)NC2=O)ccc1OCC(=O)Nc1ccc(F)cc1. The van der Waals surface area contributed by atoms with Crippen LogP contribution in [0.25, 0.3) is 6.08 Å². The van der Waals surface area contributed by atoms with Crippen LogP contribution in [0.4, 0.5) is 15.8 Å². The number of carbonyl (C=O) groups excluding carboxylic acids is 2. The van der Waals surface area contributed by atoms with Crippen molar-refractivity contribution in [2.24, 2.45) is 4.99 Å². The van der Waals surface area contributed by atoms with E-state index in [1.165, 1.54) is 43.1 Å². The Balaban J connectivity index is 1.43. The van der Waals surface area contributed by atoms with Crippen LogP contribution in [-0.4, -0.2) is 30.7 Å². The Hall–Kier alpha value is -3.82. The Morgan fingerprint density at radius 1 is 1.17 bits per heavy atom. The molecule has 0 atom stereocenters. The highest BCUT2D eigenvalue weighted by Crippen LogP contribution is 2.33. The maximum atomic E-state index is 13.0. The monoisotopic (exact) mass is 525 g/mol. The molecule has 4 rings (SSSR count). The van der Waals surface area contributed by atoms with Crippen molar-refractivity contribution in [1.29, 1.82) is 0 Å². The minimum absolute atomic E-state index is 0.268. The first-order valence-corrected chi connectivity index (χ1v) is 11.9. The molecule has 0 saturated carbocycles. The minimum atomic E-state index is -0.407. The predicted octanol–water partition coefficient (Wildman–Crippen LogP) is 5.71. The lowest BCUT2D eigenvalue weighted by atomic mass is 10.2. The van der Waals surface area contributed by atoms with Crippen molar-refractivity contribution in [2.45, 2.75) is 6.92 Å². The fourth-order valence-corrected chi connectivity index (χ4v) is 4.23. The van der Waals surface area contributed by atoms with Gasteiger partial charge in [0.1, 0.15) is 5.82 Å². The fraction of sp³-hybridized carbons (Fsp3) is 0.115. The van der Waals surface area contributed by atoms with E-state index in [4.69, 9.17) is 21.1 Å². The van der Waals surface area contributed by atoms with E-state index in [1.807, 2.05) is 13.0 Å². The van der Waals surface area contributed by atoms with Crippen molar-refractivity contribution < 1.29 is 23.5 Å². The van der Waals surface area contributed by atoms with E-state index < -0.39 is 11.7 Å². The molecule has 1 heterocycles. The number of ether oxygens (including phenoxy) is 2. The van der Waals surface area contributed by atoms with Crippen molar-refractivity contribution in [3.05, 3.63) is 87.5 Å². The number of methoxy groups -OCH3 is 1. The normalized spacial score (nSPS) is 15.2. The van der Waals surface area contributed by atoms with Gasteiger partial charge < -0.3 is 20.1 Å². The van der Waals surface area contributed by atoms with E-state index in [-0.39, 0.29) is 12.5 Å². The zero-order valence-corrected chi connectivity index (χ0v) is 20.9. The van der Waals surface area contributed by atoms with Crippen molar-refractivity contribution in [1.82, 2.24) is 5.32 Å². The summed E-state index contributed by atoms with van der Waals surface area (Å²) in [5.74, 6) is -0.315. The maximum absolute atomic E-state index is 13.0. The molecular weight excluding hydrogens is 505 g/mol. The molecule has 1 aliphatic heterocycles. The summed E-state index contributed by atoms with van der Waals surface area (Å²) in [7, 11) is 1.48. The Labute approximate surface area is 216 Å². The molecule has 1 fully saturated rings. The van der Waals surface area contributed by atoms with Gasteiger partial charge in [0.15, 0.2) is 23.3 Å². The molecular formula is C26H21ClFN3O4S. The summed E-state index contributed by atoms with van der Waals surface area (Å²) in [4.78, 5) is 29.6. The number of carbonyl (C=O) groups is 2. The molecule has 3 aromatic carbocycles. The van der Waals surface area contributed by atoms with Crippen LogP contribution in [0.5, 0.6) is 11.5 Å². The van der Waals surface area contributed by atoms with Crippen LogP contribution in [0.1, 0.15) is 11.1 Å². The van der Waals surface area contributed by atoms with E-state index in [0.29, 0.717) is 43.5 Å². The van der Waals surface area contributed by atoms with Gasteiger partial charge in [-0.25, -0.2) is 9.38 Å². The van der Waals surface area contributed by atoms with Crippen molar-refractivity contribution in [3.63, 3.8) is 0 Å². The second kappa shape index (κ2) is 11.3. The Kier molecular flexibility index (Phi) is 7.92. The molecule has 0 spiro atoms. The molecule has 1 saturated heterocycles. The molecule has 0 aliphatic carbocycles. The summed E-state index contributed by atoms with van der Waals surface area (Å²) >= 11 is 7.37. The molecule has 0 radical (unpaired) electrons. The van der Waals surface area contributed by atoms with Crippen LogP contribution in [0, 0.1) is 12.7 Å². The van der Waals surface area contributed by atoms with Crippen LogP contribution in [0.3, 0.4) is 0 Å². The number of rotatable bonds is 7. The molecule has 1 aliphatic rings. The largest absolute Gasteiger partial charge is 0.493 e. The van der Waals surface area contributed by atoms with Gasteiger partial charge >= 0.3 is 0 Å². The zero-order chi connectivity index (χ0) is 25.7. The topological polar surface area (TPSA) is 89.0 Å². The van der Waals surface area contributed by atoms with Gasteiger partial charge in [-0.2, -0.15) is 0 Å². The lowest BCUT2D eigenvalue weighted by molar-refractivity contribution is -0.118. The first-order valence-electron chi connectivity index (χ1n) is 10.7. The first-order chi connectivity index (χ1) is 17.3. The lowest BCUT2D eigenvalue weighted by Crippen LogP contribution is -2.20. The Bertz CT molecular complexity index is 1380. The summed E-state index contributed by atoms with van der Waals surface area (Å²) in [5, 5.41) is 6.43. The molecule has 184 valence electrons. The number of halogens is 2. The molecule has 0 unspecified atom stereocenters. The number of nitrogens with zero attached hydrogens (tertiary/aromatic N) is 1. The number of nitrogens with one attached hydrogen (secondary N) is 2. The molecule has 3 aromatic rings. The molecule has 2 amide bonds.